The van der Waals surface area contributed by atoms with Crippen LogP contribution in [0.3, 0.4) is 0 Å². The zero-order valence-corrected chi connectivity index (χ0v) is 7.52. The number of hydrogen-bond acceptors (Lipinski definition) is 1. The number of rotatable bonds is 4. The van der Waals surface area contributed by atoms with Gasteiger partial charge in [0.1, 0.15) is 11.6 Å². The molecule has 0 bridgehead atoms. The minimum absolute atomic E-state index is 0.252. The van der Waals surface area contributed by atoms with E-state index < -0.39 is 0 Å². The average molecular weight is 186 g/mol. The van der Waals surface area contributed by atoms with Crippen LogP contribution in [0.5, 0.6) is 5.75 Å². The van der Waals surface area contributed by atoms with Crippen LogP contribution in [0.4, 0.5) is 8.78 Å². The first kappa shape index (κ1) is 9.96. The van der Waals surface area contributed by atoms with E-state index in [0.29, 0.717) is 24.3 Å². The van der Waals surface area contributed by atoms with Crippen LogP contribution in [0.15, 0.2) is 18.2 Å². The number of ether oxygens (including phenoxy) is 1. The normalized spacial score (nSPS) is 10.1. The van der Waals surface area contributed by atoms with Crippen LogP contribution in [-0.4, -0.2) is 13.3 Å². The summed E-state index contributed by atoms with van der Waals surface area (Å²) in [6, 6.07) is 4.49. The van der Waals surface area contributed by atoms with Crippen molar-refractivity contribution in [3.8, 4) is 5.75 Å². The number of benzene rings is 1. The molecule has 72 valence electrons. The van der Waals surface area contributed by atoms with Crippen LogP contribution in [0, 0.1) is 12.7 Å². The lowest BCUT2D eigenvalue weighted by molar-refractivity contribution is 0.289. The smallest absolute Gasteiger partial charge is 0.126 e. The van der Waals surface area contributed by atoms with Crippen molar-refractivity contribution in [3.63, 3.8) is 0 Å². The van der Waals surface area contributed by atoms with Gasteiger partial charge in [0.25, 0.3) is 0 Å². The third-order valence-electron chi connectivity index (χ3n) is 1.68. The summed E-state index contributed by atoms with van der Waals surface area (Å²) in [6.45, 7) is 1.61. The summed E-state index contributed by atoms with van der Waals surface area (Å²) in [5.74, 6) is 0.338. The third-order valence-corrected chi connectivity index (χ3v) is 1.68. The summed E-state index contributed by atoms with van der Waals surface area (Å²) in [5.41, 5.74) is 0.540. The van der Waals surface area contributed by atoms with Crippen molar-refractivity contribution in [1.29, 1.82) is 0 Å². The highest BCUT2D eigenvalue weighted by molar-refractivity contribution is 5.28. The van der Waals surface area contributed by atoms with Crippen LogP contribution in [-0.2, 0) is 0 Å². The second-order valence-corrected chi connectivity index (χ2v) is 2.80. The van der Waals surface area contributed by atoms with E-state index in [2.05, 4.69) is 0 Å². The van der Waals surface area contributed by atoms with Gasteiger partial charge in [0.05, 0.1) is 13.3 Å². The summed E-state index contributed by atoms with van der Waals surface area (Å²) in [5, 5.41) is 0. The maximum atomic E-state index is 12.8. The van der Waals surface area contributed by atoms with E-state index in [1.54, 1.807) is 19.1 Å². The van der Waals surface area contributed by atoms with Gasteiger partial charge in [-0.15, -0.1) is 0 Å². The Morgan fingerprint density at radius 3 is 2.77 bits per heavy atom. The van der Waals surface area contributed by atoms with E-state index in [-0.39, 0.29) is 12.5 Å². The Morgan fingerprint density at radius 2 is 2.15 bits per heavy atom. The molecule has 0 fully saturated rings. The average Bonchev–Trinajstić information content (AvgIpc) is 2.12. The van der Waals surface area contributed by atoms with E-state index in [9.17, 15) is 8.78 Å². The Hall–Kier alpha value is -1.12. The molecule has 0 N–H and O–H groups in total. The van der Waals surface area contributed by atoms with Gasteiger partial charge in [-0.3, -0.25) is 4.39 Å². The molecule has 0 heterocycles. The standard InChI is InChI=1S/C10H12F2O/c1-8-7-9(3-4-10(8)12)13-6-2-5-11/h3-4,7H,2,5-6H2,1H3. The fourth-order valence-electron chi connectivity index (χ4n) is 0.952. The second kappa shape index (κ2) is 4.80. The predicted molar refractivity (Wildman–Crippen MR) is 47.2 cm³/mol. The van der Waals surface area contributed by atoms with Crippen molar-refractivity contribution in [2.75, 3.05) is 13.3 Å². The largest absolute Gasteiger partial charge is 0.493 e. The Balaban J connectivity index is 2.53. The van der Waals surface area contributed by atoms with E-state index >= 15 is 0 Å². The number of alkyl halides is 1. The number of hydrogen-bond donors (Lipinski definition) is 0. The fourth-order valence-corrected chi connectivity index (χ4v) is 0.952. The molecule has 0 aromatic heterocycles. The van der Waals surface area contributed by atoms with Crippen LogP contribution in [0.25, 0.3) is 0 Å². The van der Waals surface area contributed by atoms with Crippen molar-refractivity contribution >= 4 is 0 Å². The minimum atomic E-state index is -0.389. The van der Waals surface area contributed by atoms with Gasteiger partial charge < -0.3 is 4.74 Å². The zero-order chi connectivity index (χ0) is 9.68. The van der Waals surface area contributed by atoms with Gasteiger partial charge in [-0.25, -0.2) is 4.39 Å². The lowest BCUT2D eigenvalue weighted by atomic mass is 10.2. The third kappa shape index (κ3) is 3.01. The van der Waals surface area contributed by atoms with Gasteiger partial charge >= 0.3 is 0 Å². The van der Waals surface area contributed by atoms with Crippen molar-refractivity contribution in [3.05, 3.63) is 29.6 Å². The van der Waals surface area contributed by atoms with Crippen LogP contribution >= 0.6 is 0 Å². The molecular weight excluding hydrogens is 174 g/mol. The summed E-state index contributed by atoms with van der Waals surface area (Å²) >= 11 is 0. The minimum Gasteiger partial charge on any atom is -0.493 e. The molecule has 0 aliphatic carbocycles. The first-order valence-electron chi connectivity index (χ1n) is 4.19. The summed E-state index contributed by atoms with van der Waals surface area (Å²) < 4.78 is 29.6. The Kier molecular flexibility index (Phi) is 3.68. The molecule has 0 aliphatic heterocycles. The van der Waals surface area contributed by atoms with Gasteiger partial charge in [-0.2, -0.15) is 0 Å². The Bertz CT molecular complexity index is 274. The van der Waals surface area contributed by atoms with Crippen molar-refractivity contribution in [1.82, 2.24) is 0 Å². The molecule has 0 saturated heterocycles. The molecule has 0 saturated carbocycles. The van der Waals surface area contributed by atoms with Crippen molar-refractivity contribution in [2.45, 2.75) is 13.3 Å². The molecule has 1 aromatic rings. The zero-order valence-electron chi connectivity index (χ0n) is 7.52. The lowest BCUT2D eigenvalue weighted by Gasteiger charge is -2.05. The summed E-state index contributed by atoms with van der Waals surface area (Å²) in [7, 11) is 0. The fraction of sp³-hybridized carbons (Fsp3) is 0.400. The lowest BCUT2D eigenvalue weighted by Crippen LogP contribution is -1.98. The molecule has 1 rings (SSSR count). The summed E-state index contributed by atoms with van der Waals surface area (Å²) in [4.78, 5) is 0. The highest BCUT2D eigenvalue weighted by atomic mass is 19.1. The van der Waals surface area contributed by atoms with Gasteiger partial charge in [-0.05, 0) is 30.7 Å². The first-order valence-corrected chi connectivity index (χ1v) is 4.19. The van der Waals surface area contributed by atoms with Gasteiger partial charge in [0, 0.05) is 6.42 Å². The molecule has 0 unspecified atom stereocenters. The number of aryl methyl sites for hydroxylation is 1. The van der Waals surface area contributed by atoms with Crippen LogP contribution in [0.2, 0.25) is 0 Å². The molecule has 1 nitrogen and oxygen atoms in total. The van der Waals surface area contributed by atoms with E-state index in [1.807, 2.05) is 0 Å². The van der Waals surface area contributed by atoms with Gasteiger partial charge in [0.15, 0.2) is 0 Å². The van der Waals surface area contributed by atoms with Crippen LogP contribution < -0.4 is 4.74 Å². The molecule has 13 heavy (non-hydrogen) atoms. The Labute approximate surface area is 76.3 Å². The maximum Gasteiger partial charge on any atom is 0.126 e. The monoisotopic (exact) mass is 186 g/mol. The molecular formula is C10H12F2O. The number of halogens is 2. The van der Waals surface area contributed by atoms with Crippen molar-refractivity contribution < 1.29 is 13.5 Å². The molecule has 0 radical (unpaired) electrons. The van der Waals surface area contributed by atoms with Gasteiger partial charge in [0.2, 0.25) is 0 Å². The van der Waals surface area contributed by atoms with E-state index in [0.717, 1.165) is 0 Å². The second-order valence-electron chi connectivity index (χ2n) is 2.80. The molecule has 3 heteroatoms. The maximum absolute atomic E-state index is 12.8. The molecule has 0 spiro atoms. The molecule has 1 aromatic carbocycles. The predicted octanol–water partition coefficient (Wildman–Crippen LogP) is 2.87. The highest BCUT2D eigenvalue weighted by Gasteiger charge is 1.99. The quantitative estimate of drug-likeness (QED) is 0.657. The highest BCUT2D eigenvalue weighted by Crippen LogP contribution is 2.15. The molecule has 0 aliphatic rings. The Morgan fingerprint density at radius 1 is 1.38 bits per heavy atom. The van der Waals surface area contributed by atoms with Gasteiger partial charge in [-0.1, -0.05) is 0 Å². The van der Waals surface area contributed by atoms with Crippen LogP contribution in [0.1, 0.15) is 12.0 Å². The summed E-state index contributed by atoms with van der Waals surface area (Å²) in [6.07, 6.45) is 0.371. The SMILES string of the molecule is Cc1cc(OCCCF)ccc1F. The molecule has 0 amide bonds. The van der Waals surface area contributed by atoms with E-state index in [1.165, 1.54) is 6.07 Å². The first-order chi connectivity index (χ1) is 6.24. The topological polar surface area (TPSA) is 9.23 Å². The van der Waals surface area contributed by atoms with Crippen molar-refractivity contribution in [2.24, 2.45) is 0 Å². The molecule has 0 atom stereocenters. The van der Waals surface area contributed by atoms with E-state index in [4.69, 9.17) is 4.74 Å².